The number of anilines is 1. The molecule has 98 valence electrons. The lowest BCUT2D eigenvalue weighted by Crippen LogP contribution is -2.04. The van der Waals surface area contributed by atoms with Crippen LogP contribution < -0.4 is 5.32 Å². The van der Waals surface area contributed by atoms with E-state index in [0.717, 1.165) is 0 Å². The van der Waals surface area contributed by atoms with Gasteiger partial charge in [0.2, 0.25) is 0 Å². The predicted molar refractivity (Wildman–Crippen MR) is 77.4 cm³/mol. The quantitative estimate of drug-likeness (QED) is 0.673. The third kappa shape index (κ3) is 3.42. The van der Waals surface area contributed by atoms with Crippen molar-refractivity contribution >= 4 is 39.0 Å². The number of nitrogens with zero attached hydrogens (tertiary/aromatic N) is 2. The van der Waals surface area contributed by atoms with Crippen LogP contribution in [0.3, 0.4) is 0 Å². The van der Waals surface area contributed by atoms with Crippen LogP contribution in [-0.2, 0) is 6.54 Å². The van der Waals surface area contributed by atoms with E-state index in [0.29, 0.717) is 27.4 Å². The monoisotopic (exact) mass is 341 g/mol. The molecule has 0 aliphatic carbocycles. The Bertz CT molecular complexity index is 622. The van der Waals surface area contributed by atoms with Gasteiger partial charge in [-0.2, -0.15) is 0 Å². The Morgan fingerprint density at radius 2 is 2.16 bits per heavy atom. The first kappa shape index (κ1) is 13.8. The predicted octanol–water partition coefficient (Wildman–Crippen LogP) is 4.02. The molecule has 0 aliphatic rings. The van der Waals surface area contributed by atoms with Crippen LogP contribution in [0.25, 0.3) is 0 Å². The molecular weight excluding hydrogens is 334 g/mol. The fraction of sp³-hybridized carbons (Fsp3) is 0.0833. The number of hydrogen-bond acceptors (Lipinski definition) is 4. The summed E-state index contributed by atoms with van der Waals surface area (Å²) in [6, 6.07) is 8.28. The van der Waals surface area contributed by atoms with Crippen molar-refractivity contribution in [3.05, 3.63) is 61.7 Å². The van der Waals surface area contributed by atoms with Crippen LogP contribution in [0, 0.1) is 10.1 Å². The number of para-hydroxylation sites is 1. The third-order valence-electron chi connectivity index (χ3n) is 2.44. The summed E-state index contributed by atoms with van der Waals surface area (Å²) in [5, 5.41) is 14.4. The first-order chi connectivity index (χ1) is 9.08. The minimum Gasteiger partial charge on any atom is -0.365 e. The van der Waals surface area contributed by atoms with Gasteiger partial charge in [-0.15, -0.1) is 0 Å². The Morgan fingerprint density at radius 3 is 2.84 bits per heavy atom. The maximum atomic E-state index is 10.9. The molecule has 0 atom stereocenters. The number of nitro groups is 1. The number of rotatable bonds is 4. The van der Waals surface area contributed by atoms with Crippen molar-refractivity contribution in [2.24, 2.45) is 0 Å². The third-order valence-corrected chi connectivity index (χ3v) is 3.25. The maximum Gasteiger partial charge on any atom is 0.274 e. The number of aromatic nitrogens is 1. The lowest BCUT2D eigenvalue weighted by Gasteiger charge is -2.08. The van der Waals surface area contributed by atoms with Gasteiger partial charge in [0.25, 0.3) is 5.69 Å². The molecule has 1 aromatic carbocycles. The molecule has 0 unspecified atom stereocenters. The molecular formula is C12H9BrClN3O2. The molecule has 5 nitrogen and oxygen atoms in total. The fourth-order valence-corrected chi connectivity index (χ4v) is 2.34. The van der Waals surface area contributed by atoms with E-state index >= 15 is 0 Å². The molecule has 2 rings (SSSR count). The van der Waals surface area contributed by atoms with Gasteiger partial charge in [-0.05, 0) is 22.0 Å². The Balaban J connectivity index is 2.17. The minimum atomic E-state index is -0.401. The molecule has 0 aliphatic heterocycles. The van der Waals surface area contributed by atoms with Crippen LogP contribution in [0.2, 0.25) is 5.02 Å². The van der Waals surface area contributed by atoms with E-state index in [1.54, 1.807) is 24.3 Å². The molecule has 0 fully saturated rings. The normalized spacial score (nSPS) is 10.2. The van der Waals surface area contributed by atoms with Crippen molar-refractivity contribution in [3.8, 4) is 0 Å². The second-order valence-corrected chi connectivity index (χ2v) is 5.01. The standard InChI is InChI=1S/C12H9BrClN3O2/c13-10-5-9(14)7-16-12(10)15-6-8-3-1-2-4-11(8)17(18)19/h1-5,7H,6H2,(H,15,16). The van der Waals surface area contributed by atoms with Gasteiger partial charge in [0.15, 0.2) is 0 Å². The van der Waals surface area contributed by atoms with E-state index in [-0.39, 0.29) is 5.69 Å². The first-order valence-corrected chi connectivity index (χ1v) is 6.52. The number of halogens is 2. The molecule has 7 heteroatoms. The van der Waals surface area contributed by atoms with Crippen LogP contribution >= 0.6 is 27.5 Å². The van der Waals surface area contributed by atoms with Crippen molar-refractivity contribution < 1.29 is 4.92 Å². The van der Waals surface area contributed by atoms with Gasteiger partial charge in [-0.3, -0.25) is 10.1 Å². The summed E-state index contributed by atoms with van der Waals surface area (Å²) in [5.41, 5.74) is 0.677. The topological polar surface area (TPSA) is 68.1 Å². The summed E-state index contributed by atoms with van der Waals surface area (Å²) in [5.74, 6) is 0.586. The number of hydrogen-bond donors (Lipinski definition) is 1. The van der Waals surface area contributed by atoms with Crippen molar-refractivity contribution in [1.82, 2.24) is 4.98 Å². The van der Waals surface area contributed by atoms with Crippen LogP contribution in [0.4, 0.5) is 11.5 Å². The summed E-state index contributed by atoms with van der Waals surface area (Å²) in [6.07, 6.45) is 1.51. The van der Waals surface area contributed by atoms with Crippen LogP contribution in [0.5, 0.6) is 0 Å². The molecule has 0 amide bonds. The van der Waals surface area contributed by atoms with E-state index in [1.807, 2.05) is 0 Å². The highest BCUT2D eigenvalue weighted by Gasteiger charge is 2.12. The van der Waals surface area contributed by atoms with E-state index in [1.165, 1.54) is 12.3 Å². The molecule has 0 saturated heterocycles. The Kier molecular flexibility index (Phi) is 4.34. The van der Waals surface area contributed by atoms with Gasteiger partial charge in [-0.1, -0.05) is 29.8 Å². The Labute approximate surface area is 122 Å². The minimum absolute atomic E-state index is 0.0834. The van der Waals surface area contributed by atoms with Crippen molar-refractivity contribution in [3.63, 3.8) is 0 Å². The fourth-order valence-electron chi connectivity index (χ4n) is 1.56. The van der Waals surface area contributed by atoms with Gasteiger partial charge in [0.1, 0.15) is 5.82 Å². The van der Waals surface area contributed by atoms with E-state index in [2.05, 4.69) is 26.2 Å². The number of nitro benzene ring substituents is 1. The van der Waals surface area contributed by atoms with Gasteiger partial charge in [0, 0.05) is 24.4 Å². The molecule has 0 saturated carbocycles. The maximum absolute atomic E-state index is 10.9. The zero-order valence-corrected chi connectivity index (χ0v) is 12.0. The highest BCUT2D eigenvalue weighted by molar-refractivity contribution is 9.10. The molecule has 0 spiro atoms. The second kappa shape index (κ2) is 5.99. The zero-order chi connectivity index (χ0) is 13.8. The summed E-state index contributed by atoms with van der Waals surface area (Å²) in [4.78, 5) is 14.6. The molecule has 1 heterocycles. The molecule has 2 aromatic rings. The summed E-state index contributed by atoms with van der Waals surface area (Å²) in [6.45, 7) is 0.310. The largest absolute Gasteiger partial charge is 0.365 e. The smallest absolute Gasteiger partial charge is 0.274 e. The van der Waals surface area contributed by atoms with Gasteiger partial charge in [0.05, 0.1) is 14.4 Å². The second-order valence-electron chi connectivity index (χ2n) is 3.72. The number of benzene rings is 1. The first-order valence-electron chi connectivity index (χ1n) is 5.35. The van der Waals surface area contributed by atoms with Gasteiger partial charge in [-0.25, -0.2) is 4.98 Å². The Morgan fingerprint density at radius 1 is 1.42 bits per heavy atom. The SMILES string of the molecule is O=[N+]([O-])c1ccccc1CNc1ncc(Cl)cc1Br. The lowest BCUT2D eigenvalue weighted by atomic mass is 10.2. The molecule has 0 bridgehead atoms. The van der Waals surface area contributed by atoms with Crippen LogP contribution in [-0.4, -0.2) is 9.91 Å². The van der Waals surface area contributed by atoms with E-state index < -0.39 is 4.92 Å². The van der Waals surface area contributed by atoms with Gasteiger partial charge >= 0.3 is 0 Å². The van der Waals surface area contributed by atoms with Crippen molar-refractivity contribution in [2.75, 3.05) is 5.32 Å². The van der Waals surface area contributed by atoms with Crippen LogP contribution in [0.1, 0.15) is 5.56 Å². The van der Waals surface area contributed by atoms with Gasteiger partial charge < -0.3 is 5.32 Å². The highest BCUT2D eigenvalue weighted by Crippen LogP contribution is 2.25. The van der Waals surface area contributed by atoms with Crippen LogP contribution in [0.15, 0.2) is 41.0 Å². The average molecular weight is 343 g/mol. The van der Waals surface area contributed by atoms with E-state index in [4.69, 9.17) is 11.6 Å². The molecule has 1 aromatic heterocycles. The summed E-state index contributed by atoms with van der Waals surface area (Å²) >= 11 is 9.12. The Hall–Kier alpha value is -1.66. The average Bonchev–Trinajstić information content (AvgIpc) is 2.38. The lowest BCUT2D eigenvalue weighted by molar-refractivity contribution is -0.385. The molecule has 0 radical (unpaired) electrons. The van der Waals surface area contributed by atoms with Crippen molar-refractivity contribution in [1.29, 1.82) is 0 Å². The molecule has 1 N–H and O–H groups in total. The number of pyridine rings is 1. The van der Waals surface area contributed by atoms with Crippen molar-refractivity contribution in [2.45, 2.75) is 6.54 Å². The van der Waals surface area contributed by atoms with E-state index in [9.17, 15) is 10.1 Å². The summed E-state index contributed by atoms with van der Waals surface area (Å²) < 4.78 is 0.707. The summed E-state index contributed by atoms with van der Waals surface area (Å²) in [7, 11) is 0. The number of nitrogens with one attached hydrogen (secondary N) is 1. The zero-order valence-electron chi connectivity index (χ0n) is 9.64. The molecule has 19 heavy (non-hydrogen) atoms. The highest BCUT2D eigenvalue weighted by atomic mass is 79.9.